The molecule has 0 radical (unpaired) electrons. The maximum atomic E-state index is 10.2. The molecule has 1 aromatic rings. The van der Waals surface area contributed by atoms with Crippen molar-refractivity contribution in [2.75, 3.05) is 18.4 Å². The minimum absolute atomic E-state index is 0.110. The Labute approximate surface area is 127 Å². The summed E-state index contributed by atoms with van der Waals surface area (Å²) in [6.45, 7) is 4.20. The van der Waals surface area contributed by atoms with Crippen molar-refractivity contribution in [3.63, 3.8) is 0 Å². The second-order valence-corrected chi connectivity index (χ2v) is 6.54. The lowest BCUT2D eigenvalue weighted by molar-refractivity contribution is 0.00992. The number of nitrogens with one attached hydrogen (secondary N) is 1. The molecule has 21 heavy (non-hydrogen) atoms. The molecule has 2 fully saturated rings. The van der Waals surface area contributed by atoms with Crippen LogP contribution in [-0.2, 0) is 0 Å². The van der Waals surface area contributed by atoms with E-state index in [1.165, 1.54) is 19.3 Å². The second kappa shape index (κ2) is 6.75. The Hall–Kier alpha value is -1.13. The number of piperidine rings is 1. The van der Waals surface area contributed by atoms with Crippen LogP contribution in [0.15, 0.2) is 18.2 Å². The highest BCUT2D eigenvalue weighted by molar-refractivity contribution is 5.36. The number of hydrogen-bond donors (Lipinski definition) is 2. The number of aliphatic hydroxyl groups is 1. The minimum Gasteiger partial charge on any atom is -0.391 e. The predicted molar refractivity (Wildman–Crippen MR) is 85.5 cm³/mol. The zero-order chi connectivity index (χ0) is 14.7. The Morgan fingerprint density at radius 2 is 1.90 bits per heavy atom. The van der Waals surface area contributed by atoms with Crippen LogP contribution in [0.5, 0.6) is 0 Å². The van der Waals surface area contributed by atoms with Crippen LogP contribution in [0, 0.1) is 6.92 Å². The second-order valence-electron chi connectivity index (χ2n) is 6.54. The zero-order valence-electron chi connectivity index (χ0n) is 13.0. The Morgan fingerprint density at radius 3 is 2.62 bits per heavy atom. The van der Waals surface area contributed by atoms with E-state index in [0.29, 0.717) is 12.1 Å². The molecule has 2 atom stereocenters. The third kappa shape index (κ3) is 3.74. The lowest BCUT2D eigenvalue weighted by Gasteiger charge is -2.41. The lowest BCUT2D eigenvalue weighted by Crippen LogP contribution is -2.50. The van der Waals surface area contributed by atoms with Crippen LogP contribution < -0.4 is 5.32 Å². The molecule has 2 N–H and O–H groups in total. The van der Waals surface area contributed by atoms with Crippen molar-refractivity contribution in [2.45, 2.75) is 63.6 Å². The Kier molecular flexibility index (Phi) is 4.76. The van der Waals surface area contributed by atoms with E-state index < -0.39 is 0 Å². The van der Waals surface area contributed by atoms with Gasteiger partial charge in [0.05, 0.1) is 6.10 Å². The highest BCUT2D eigenvalue weighted by atomic mass is 16.3. The van der Waals surface area contributed by atoms with E-state index in [-0.39, 0.29) is 6.10 Å². The van der Waals surface area contributed by atoms with Gasteiger partial charge in [0.1, 0.15) is 5.82 Å². The average Bonchev–Trinajstić information content (AvgIpc) is 2.49. The quantitative estimate of drug-likeness (QED) is 0.898. The molecule has 1 saturated carbocycles. The summed E-state index contributed by atoms with van der Waals surface area (Å²) in [5, 5.41) is 13.7. The van der Waals surface area contributed by atoms with Crippen LogP contribution in [0.4, 0.5) is 5.82 Å². The van der Waals surface area contributed by atoms with Gasteiger partial charge in [0.25, 0.3) is 0 Å². The third-order valence-electron chi connectivity index (χ3n) is 4.93. The standard InChI is InChI=1S/C17H27N3O/c1-13-5-4-8-17(18-13)19-14-9-11-20(12-10-14)15-6-2-3-7-16(15)21/h4-5,8,14-16,21H,2-3,6-7,9-12H2,1H3,(H,18,19). The van der Waals surface area contributed by atoms with Crippen LogP contribution >= 0.6 is 0 Å². The van der Waals surface area contributed by atoms with Gasteiger partial charge in [0.2, 0.25) is 0 Å². The van der Waals surface area contributed by atoms with Gasteiger partial charge in [-0.2, -0.15) is 0 Å². The summed E-state index contributed by atoms with van der Waals surface area (Å²) in [6, 6.07) is 7.04. The molecule has 2 aliphatic rings. The van der Waals surface area contributed by atoms with Crippen molar-refractivity contribution >= 4 is 5.82 Å². The fraction of sp³-hybridized carbons (Fsp3) is 0.706. The number of aliphatic hydroxyl groups excluding tert-OH is 1. The van der Waals surface area contributed by atoms with E-state index in [4.69, 9.17) is 0 Å². The SMILES string of the molecule is Cc1cccc(NC2CCN(C3CCCCC3O)CC2)n1. The van der Waals surface area contributed by atoms with E-state index in [1.54, 1.807) is 0 Å². The Balaban J connectivity index is 1.50. The fourth-order valence-electron chi connectivity index (χ4n) is 3.73. The van der Waals surface area contributed by atoms with E-state index in [2.05, 4.69) is 21.3 Å². The molecule has 1 saturated heterocycles. The molecule has 2 heterocycles. The summed E-state index contributed by atoms with van der Waals surface area (Å²) in [7, 11) is 0. The first-order chi connectivity index (χ1) is 10.2. The monoisotopic (exact) mass is 289 g/mol. The summed E-state index contributed by atoms with van der Waals surface area (Å²) in [6.07, 6.45) is 6.77. The molecule has 1 aliphatic heterocycles. The normalized spacial score (nSPS) is 28.5. The summed E-state index contributed by atoms with van der Waals surface area (Å²) in [4.78, 5) is 7.03. The van der Waals surface area contributed by atoms with Gasteiger partial charge in [0.15, 0.2) is 0 Å². The molecular weight excluding hydrogens is 262 g/mol. The van der Waals surface area contributed by atoms with E-state index in [0.717, 1.165) is 43.9 Å². The zero-order valence-corrected chi connectivity index (χ0v) is 13.0. The molecule has 2 unspecified atom stereocenters. The van der Waals surface area contributed by atoms with Gasteiger partial charge < -0.3 is 10.4 Å². The lowest BCUT2D eigenvalue weighted by atomic mass is 9.89. The van der Waals surface area contributed by atoms with Gasteiger partial charge >= 0.3 is 0 Å². The molecule has 1 aliphatic carbocycles. The number of aromatic nitrogens is 1. The summed E-state index contributed by atoms with van der Waals surface area (Å²) in [5.74, 6) is 0.992. The first-order valence-corrected chi connectivity index (χ1v) is 8.35. The van der Waals surface area contributed by atoms with Gasteiger partial charge in [-0.05, 0) is 44.7 Å². The summed E-state index contributed by atoms with van der Waals surface area (Å²) >= 11 is 0. The first-order valence-electron chi connectivity index (χ1n) is 8.35. The number of rotatable bonds is 3. The molecule has 4 nitrogen and oxygen atoms in total. The van der Waals surface area contributed by atoms with Crippen molar-refractivity contribution in [2.24, 2.45) is 0 Å². The highest BCUT2D eigenvalue weighted by Gasteiger charge is 2.31. The first kappa shape index (κ1) is 14.8. The van der Waals surface area contributed by atoms with E-state index in [1.807, 2.05) is 19.1 Å². The Morgan fingerprint density at radius 1 is 1.14 bits per heavy atom. The fourth-order valence-corrected chi connectivity index (χ4v) is 3.73. The van der Waals surface area contributed by atoms with Crippen molar-refractivity contribution in [1.29, 1.82) is 0 Å². The number of anilines is 1. The topological polar surface area (TPSA) is 48.4 Å². The summed E-state index contributed by atoms with van der Waals surface area (Å²) in [5.41, 5.74) is 1.06. The van der Waals surface area contributed by atoms with Crippen molar-refractivity contribution in [3.05, 3.63) is 23.9 Å². The van der Waals surface area contributed by atoms with Gasteiger partial charge in [-0.15, -0.1) is 0 Å². The molecule has 0 aromatic carbocycles. The molecule has 0 bridgehead atoms. The van der Waals surface area contributed by atoms with Crippen molar-refractivity contribution in [1.82, 2.24) is 9.88 Å². The van der Waals surface area contributed by atoms with Gasteiger partial charge in [-0.3, -0.25) is 4.90 Å². The van der Waals surface area contributed by atoms with Crippen LogP contribution in [0.25, 0.3) is 0 Å². The number of aryl methyl sites for hydroxylation is 1. The van der Waals surface area contributed by atoms with E-state index in [9.17, 15) is 5.11 Å². The average molecular weight is 289 g/mol. The van der Waals surface area contributed by atoms with E-state index >= 15 is 0 Å². The van der Waals surface area contributed by atoms with Gasteiger partial charge in [-0.1, -0.05) is 18.9 Å². The van der Waals surface area contributed by atoms with Crippen LogP contribution in [-0.4, -0.2) is 46.3 Å². The number of nitrogens with zero attached hydrogens (tertiary/aromatic N) is 2. The predicted octanol–water partition coefficient (Wildman–Crippen LogP) is 2.57. The number of pyridine rings is 1. The smallest absolute Gasteiger partial charge is 0.126 e. The summed E-state index contributed by atoms with van der Waals surface area (Å²) < 4.78 is 0. The molecule has 3 rings (SSSR count). The van der Waals surface area contributed by atoms with Gasteiger partial charge in [0, 0.05) is 30.9 Å². The molecule has 116 valence electrons. The minimum atomic E-state index is -0.110. The third-order valence-corrected chi connectivity index (χ3v) is 4.93. The van der Waals surface area contributed by atoms with Crippen molar-refractivity contribution < 1.29 is 5.11 Å². The van der Waals surface area contributed by atoms with Gasteiger partial charge in [-0.25, -0.2) is 4.98 Å². The highest BCUT2D eigenvalue weighted by Crippen LogP contribution is 2.26. The Bertz CT molecular complexity index is 457. The van der Waals surface area contributed by atoms with Crippen molar-refractivity contribution in [3.8, 4) is 0 Å². The molecule has 1 aromatic heterocycles. The number of hydrogen-bond acceptors (Lipinski definition) is 4. The maximum absolute atomic E-state index is 10.2. The molecule has 4 heteroatoms. The molecular formula is C17H27N3O. The largest absolute Gasteiger partial charge is 0.391 e. The number of likely N-dealkylation sites (tertiary alicyclic amines) is 1. The molecule has 0 amide bonds. The van der Waals surface area contributed by atoms with Crippen LogP contribution in [0.2, 0.25) is 0 Å². The van der Waals surface area contributed by atoms with Crippen LogP contribution in [0.3, 0.4) is 0 Å². The van der Waals surface area contributed by atoms with Crippen LogP contribution in [0.1, 0.15) is 44.2 Å². The molecule has 0 spiro atoms. The maximum Gasteiger partial charge on any atom is 0.126 e.